The van der Waals surface area contributed by atoms with Gasteiger partial charge in [-0.1, -0.05) is 30.3 Å². The highest BCUT2D eigenvalue weighted by atomic mass is 32.1. The third kappa shape index (κ3) is 5.87. The lowest BCUT2D eigenvalue weighted by molar-refractivity contribution is -0.148. The molecule has 1 fully saturated rings. The Bertz CT molecular complexity index is 858. The first-order valence-corrected chi connectivity index (χ1v) is 10.6. The molecule has 0 aliphatic carbocycles. The van der Waals surface area contributed by atoms with Gasteiger partial charge in [0.1, 0.15) is 0 Å². The van der Waals surface area contributed by atoms with Crippen LogP contribution >= 0.6 is 11.3 Å². The highest BCUT2D eigenvalue weighted by Crippen LogP contribution is 2.16. The van der Waals surface area contributed by atoms with Crippen LogP contribution in [-0.4, -0.2) is 64.7 Å². The number of piperazine rings is 1. The highest BCUT2D eigenvalue weighted by molar-refractivity contribution is 7.09. The van der Waals surface area contributed by atoms with Crippen LogP contribution in [0.5, 0.6) is 0 Å². The fourth-order valence-electron chi connectivity index (χ4n) is 3.18. The lowest BCUT2D eigenvalue weighted by atomic mass is 10.2. The molecule has 0 bridgehead atoms. The number of carbonyl (C=O) groups is 3. The Hall–Kier alpha value is -2.74. The summed E-state index contributed by atoms with van der Waals surface area (Å²) in [5, 5.41) is 5.54. The van der Waals surface area contributed by atoms with Gasteiger partial charge in [0.2, 0.25) is 5.91 Å². The second-order valence-corrected chi connectivity index (χ2v) is 8.32. The van der Waals surface area contributed by atoms with Crippen molar-refractivity contribution in [2.45, 2.75) is 32.7 Å². The number of hydrogen-bond acceptors (Lipinski definition) is 5. The smallest absolute Gasteiger partial charge is 0.312 e. The Kier molecular flexibility index (Phi) is 6.98. The molecule has 8 heteroatoms. The van der Waals surface area contributed by atoms with E-state index >= 15 is 0 Å². The maximum Gasteiger partial charge on any atom is 0.312 e. The van der Waals surface area contributed by atoms with Crippen molar-refractivity contribution >= 4 is 29.1 Å². The van der Waals surface area contributed by atoms with E-state index in [2.05, 4.69) is 22.4 Å². The van der Waals surface area contributed by atoms with Crippen LogP contribution in [0.3, 0.4) is 0 Å². The molecule has 7 nitrogen and oxygen atoms in total. The molecule has 2 aromatic rings. The molecule has 3 rings (SSSR count). The number of amides is 3. The maximum atomic E-state index is 12.6. The molecule has 1 aromatic heterocycles. The quantitative estimate of drug-likeness (QED) is 0.751. The second kappa shape index (κ2) is 9.65. The Morgan fingerprint density at radius 3 is 2.38 bits per heavy atom. The van der Waals surface area contributed by atoms with E-state index in [9.17, 15) is 14.4 Å². The summed E-state index contributed by atoms with van der Waals surface area (Å²) in [5.41, 5.74) is 1.97. The van der Waals surface area contributed by atoms with Gasteiger partial charge in [-0.3, -0.25) is 14.4 Å². The summed E-state index contributed by atoms with van der Waals surface area (Å²) in [6.07, 6.45) is 1.02. The average molecular weight is 415 g/mol. The standard InChI is InChI=1S/C21H26N4O3S/c1-15(2)22-20(27)21(28)25-10-8-24(9-11-25)19(26)13-17-14-29-18(23-17)12-16-6-4-3-5-7-16/h3-7,14-15H,8-13H2,1-2H3,(H,22,27). The normalized spacial score (nSPS) is 14.2. The van der Waals surface area contributed by atoms with Crippen LogP contribution in [0.1, 0.15) is 30.1 Å². The maximum absolute atomic E-state index is 12.6. The minimum atomic E-state index is -0.590. The fraction of sp³-hybridized carbons (Fsp3) is 0.429. The van der Waals surface area contributed by atoms with E-state index in [1.54, 1.807) is 16.2 Å². The predicted octanol–water partition coefficient (Wildman–Crippen LogP) is 1.47. The summed E-state index contributed by atoms with van der Waals surface area (Å²) < 4.78 is 0. The SMILES string of the molecule is CC(C)NC(=O)C(=O)N1CCN(C(=O)Cc2csc(Cc3ccccc3)n2)CC1. The summed E-state index contributed by atoms with van der Waals surface area (Å²) in [6.45, 7) is 5.22. The summed E-state index contributed by atoms with van der Waals surface area (Å²) in [5.74, 6) is -1.12. The Morgan fingerprint density at radius 1 is 1.07 bits per heavy atom. The third-order valence-corrected chi connectivity index (χ3v) is 5.56. The lowest BCUT2D eigenvalue weighted by Gasteiger charge is -2.34. The molecule has 29 heavy (non-hydrogen) atoms. The Balaban J connectivity index is 1.48. The van der Waals surface area contributed by atoms with E-state index in [0.717, 1.165) is 17.1 Å². The molecule has 1 N–H and O–H groups in total. The van der Waals surface area contributed by atoms with E-state index in [1.165, 1.54) is 10.5 Å². The van der Waals surface area contributed by atoms with Gasteiger partial charge in [0.25, 0.3) is 0 Å². The first kappa shape index (κ1) is 21.0. The van der Waals surface area contributed by atoms with Crippen LogP contribution in [0.2, 0.25) is 0 Å². The fourth-order valence-corrected chi connectivity index (χ4v) is 4.00. The number of carbonyl (C=O) groups excluding carboxylic acids is 3. The van der Waals surface area contributed by atoms with Gasteiger partial charge in [0, 0.05) is 44.0 Å². The molecule has 0 radical (unpaired) electrons. The van der Waals surface area contributed by atoms with Crippen molar-refractivity contribution in [3.8, 4) is 0 Å². The average Bonchev–Trinajstić information content (AvgIpc) is 3.14. The van der Waals surface area contributed by atoms with Crippen molar-refractivity contribution < 1.29 is 14.4 Å². The van der Waals surface area contributed by atoms with E-state index in [0.29, 0.717) is 26.2 Å². The first-order chi connectivity index (χ1) is 13.9. The molecule has 0 unspecified atom stereocenters. The predicted molar refractivity (Wildman–Crippen MR) is 112 cm³/mol. The molecule has 1 aromatic carbocycles. The molecule has 0 atom stereocenters. The minimum absolute atomic E-state index is 0.000270. The number of benzene rings is 1. The highest BCUT2D eigenvalue weighted by Gasteiger charge is 2.28. The van der Waals surface area contributed by atoms with Gasteiger partial charge >= 0.3 is 11.8 Å². The molecular weight excluding hydrogens is 388 g/mol. The molecule has 154 valence electrons. The third-order valence-electron chi connectivity index (χ3n) is 4.66. The van der Waals surface area contributed by atoms with Crippen LogP contribution in [0.15, 0.2) is 35.7 Å². The molecular formula is C21H26N4O3S. The monoisotopic (exact) mass is 414 g/mol. The van der Waals surface area contributed by atoms with Crippen molar-refractivity contribution in [1.29, 1.82) is 0 Å². The lowest BCUT2D eigenvalue weighted by Crippen LogP contribution is -2.54. The van der Waals surface area contributed by atoms with E-state index < -0.39 is 11.8 Å². The second-order valence-electron chi connectivity index (χ2n) is 7.37. The number of rotatable bonds is 5. The summed E-state index contributed by atoms with van der Waals surface area (Å²) in [6, 6.07) is 10.0. The van der Waals surface area contributed by atoms with Crippen LogP contribution in [0.4, 0.5) is 0 Å². The van der Waals surface area contributed by atoms with Crippen molar-refractivity contribution in [3.05, 3.63) is 52.0 Å². The zero-order valence-electron chi connectivity index (χ0n) is 16.8. The first-order valence-electron chi connectivity index (χ1n) is 9.77. The van der Waals surface area contributed by atoms with Crippen molar-refractivity contribution in [2.75, 3.05) is 26.2 Å². The number of aromatic nitrogens is 1. The molecule has 3 amide bonds. The van der Waals surface area contributed by atoms with Crippen molar-refractivity contribution in [1.82, 2.24) is 20.1 Å². The van der Waals surface area contributed by atoms with Crippen LogP contribution in [-0.2, 0) is 27.2 Å². The van der Waals surface area contributed by atoms with Crippen LogP contribution < -0.4 is 5.32 Å². The van der Waals surface area contributed by atoms with E-state index in [1.807, 2.05) is 37.4 Å². The van der Waals surface area contributed by atoms with E-state index in [4.69, 9.17) is 0 Å². The van der Waals surface area contributed by atoms with Gasteiger partial charge < -0.3 is 15.1 Å². The molecule has 1 aliphatic rings. The zero-order valence-corrected chi connectivity index (χ0v) is 17.6. The largest absolute Gasteiger partial charge is 0.346 e. The van der Waals surface area contributed by atoms with Gasteiger partial charge in [0.05, 0.1) is 17.1 Å². The van der Waals surface area contributed by atoms with Gasteiger partial charge in [-0.2, -0.15) is 0 Å². The summed E-state index contributed by atoms with van der Waals surface area (Å²) in [4.78, 5) is 44.4. The Labute approximate surface area is 174 Å². The van der Waals surface area contributed by atoms with Gasteiger partial charge in [-0.05, 0) is 19.4 Å². The number of hydrogen-bond donors (Lipinski definition) is 1. The van der Waals surface area contributed by atoms with Gasteiger partial charge in [-0.25, -0.2) is 4.98 Å². The number of nitrogens with zero attached hydrogens (tertiary/aromatic N) is 3. The molecule has 0 saturated carbocycles. The summed E-state index contributed by atoms with van der Waals surface area (Å²) >= 11 is 1.57. The van der Waals surface area contributed by atoms with Crippen LogP contribution in [0, 0.1) is 0 Å². The van der Waals surface area contributed by atoms with Crippen LogP contribution in [0.25, 0.3) is 0 Å². The summed E-state index contributed by atoms with van der Waals surface area (Å²) in [7, 11) is 0. The molecule has 1 saturated heterocycles. The molecule has 0 spiro atoms. The van der Waals surface area contributed by atoms with E-state index in [-0.39, 0.29) is 18.4 Å². The van der Waals surface area contributed by atoms with Gasteiger partial charge in [0.15, 0.2) is 0 Å². The van der Waals surface area contributed by atoms with Crippen molar-refractivity contribution in [3.63, 3.8) is 0 Å². The number of nitrogens with one attached hydrogen (secondary N) is 1. The van der Waals surface area contributed by atoms with Crippen molar-refractivity contribution in [2.24, 2.45) is 0 Å². The molecule has 2 heterocycles. The number of thiazole rings is 1. The Morgan fingerprint density at radius 2 is 1.72 bits per heavy atom. The minimum Gasteiger partial charge on any atom is -0.346 e. The van der Waals surface area contributed by atoms with Gasteiger partial charge in [-0.15, -0.1) is 11.3 Å². The molecule has 1 aliphatic heterocycles. The topological polar surface area (TPSA) is 82.6 Å². The zero-order chi connectivity index (χ0) is 20.8.